The molecule has 0 aliphatic rings. The standard InChI is InChI=1S/C14H22F2N2O2/c1-14(2,19-3)9-8-12(18-17)10-4-6-11(7-5-10)20-13(15)16/h4-7,12-13,18H,8-9,17H2,1-3H3. The number of hydrogen-bond donors (Lipinski definition) is 2. The van der Waals surface area contributed by atoms with Crippen molar-refractivity contribution >= 4 is 0 Å². The number of ether oxygens (including phenoxy) is 2. The van der Waals surface area contributed by atoms with E-state index in [-0.39, 0.29) is 17.4 Å². The molecular weight excluding hydrogens is 266 g/mol. The Bertz CT molecular complexity index is 397. The van der Waals surface area contributed by atoms with E-state index in [4.69, 9.17) is 10.6 Å². The van der Waals surface area contributed by atoms with Gasteiger partial charge < -0.3 is 9.47 Å². The van der Waals surface area contributed by atoms with Crippen molar-refractivity contribution in [3.63, 3.8) is 0 Å². The summed E-state index contributed by atoms with van der Waals surface area (Å²) in [5, 5.41) is 0. The predicted molar refractivity (Wildman–Crippen MR) is 73.5 cm³/mol. The lowest BCUT2D eigenvalue weighted by atomic mass is 9.95. The highest BCUT2D eigenvalue weighted by molar-refractivity contribution is 5.29. The highest BCUT2D eigenvalue weighted by Gasteiger charge is 2.19. The smallest absolute Gasteiger partial charge is 0.387 e. The monoisotopic (exact) mass is 288 g/mol. The van der Waals surface area contributed by atoms with Crippen molar-refractivity contribution < 1.29 is 18.3 Å². The number of rotatable bonds is 8. The number of alkyl halides is 2. The van der Waals surface area contributed by atoms with Crippen LogP contribution in [-0.4, -0.2) is 19.3 Å². The van der Waals surface area contributed by atoms with Gasteiger partial charge in [0.15, 0.2) is 0 Å². The lowest BCUT2D eigenvalue weighted by Crippen LogP contribution is -2.31. The molecule has 0 fully saturated rings. The van der Waals surface area contributed by atoms with Gasteiger partial charge in [0.2, 0.25) is 0 Å². The number of nitrogens with one attached hydrogen (secondary N) is 1. The summed E-state index contributed by atoms with van der Waals surface area (Å²) in [6.45, 7) is 1.19. The summed E-state index contributed by atoms with van der Waals surface area (Å²) in [6, 6.07) is 6.40. The quantitative estimate of drug-likeness (QED) is 0.570. The molecule has 4 nitrogen and oxygen atoms in total. The molecule has 0 saturated heterocycles. The Morgan fingerprint density at radius 1 is 1.25 bits per heavy atom. The van der Waals surface area contributed by atoms with Gasteiger partial charge in [-0.15, -0.1) is 0 Å². The average molecular weight is 288 g/mol. The summed E-state index contributed by atoms with van der Waals surface area (Å²) in [5.41, 5.74) is 3.42. The fourth-order valence-corrected chi connectivity index (χ4v) is 1.82. The molecule has 0 aromatic heterocycles. The number of nitrogens with two attached hydrogens (primary N) is 1. The first kappa shape index (κ1) is 16.8. The minimum Gasteiger partial charge on any atom is -0.435 e. The molecular formula is C14H22F2N2O2. The first-order valence-electron chi connectivity index (χ1n) is 6.44. The van der Waals surface area contributed by atoms with Gasteiger partial charge in [0.05, 0.1) is 5.60 Å². The number of methoxy groups -OCH3 is 1. The van der Waals surface area contributed by atoms with Crippen molar-refractivity contribution in [2.45, 2.75) is 44.9 Å². The van der Waals surface area contributed by atoms with Crippen LogP contribution in [0.3, 0.4) is 0 Å². The van der Waals surface area contributed by atoms with E-state index in [1.807, 2.05) is 13.8 Å². The fourth-order valence-electron chi connectivity index (χ4n) is 1.82. The topological polar surface area (TPSA) is 56.5 Å². The van der Waals surface area contributed by atoms with E-state index in [1.165, 1.54) is 12.1 Å². The Kier molecular flexibility index (Phi) is 6.32. The second kappa shape index (κ2) is 7.52. The first-order valence-corrected chi connectivity index (χ1v) is 6.44. The van der Waals surface area contributed by atoms with Crippen molar-refractivity contribution in [2.24, 2.45) is 5.84 Å². The second-order valence-corrected chi connectivity index (χ2v) is 5.17. The zero-order valence-electron chi connectivity index (χ0n) is 12.0. The highest BCUT2D eigenvalue weighted by Crippen LogP contribution is 2.25. The Morgan fingerprint density at radius 2 is 1.85 bits per heavy atom. The Balaban J connectivity index is 2.65. The Morgan fingerprint density at radius 3 is 2.30 bits per heavy atom. The van der Waals surface area contributed by atoms with Gasteiger partial charge in [0.25, 0.3) is 0 Å². The van der Waals surface area contributed by atoms with Crippen LogP contribution in [0.5, 0.6) is 5.75 Å². The van der Waals surface area contributed by atoms with Crippen LogP contribution in [0.15, 0.2) is 24.3 Å². The molecule has 0 bridgehead atoms. The van der Waals surface area contributed by atoms with E-state index in [2.05, 4.69) is 10.2 Å². The van der Waals surface area contributed by atoms with Crippen molar-refractivity contribution in [3.05, 3.63) is 29.8 Å². The number of halogens is 2. The molecule has 1 atom stereocenters. The van der Waals surface area contributed by atoms with Crippen molar-refractivity contribution in [1.82, 2.24) is 5.43 Å². The molecule has 0 aliphatic heterocycles. The summed E-state index contributed by atoms with van der Waals surface area (Å²) < 4.78 is 33.8. The van der Waals surface area contributed by atoms with Crippen LogP contribution in [0.2, 0.25) is 0 Å². The molecule has 1 aromatic rings. The van der Waals surface area contributed by atoms with E-state index in [0.717, 1.165) is 18.4 Å². The Labute approximate surface area is 118 Å². The van der Waals surface area contributed by atoms with Crippen molar-refractivity contribution in [3.8, 4) is 5.75 Å². The number of benzene rings is 1. The van der Waals surface area contributed by atoms with Crippen LogP contribution in [0.4, 0.5) is 8.78 Å². The molecule has 1 rings (SSSR count). The zero-order valence-corrected chi connectivity index (χ0v) is 12.0. The lowest BCUT2D eigenvalue weighted by Gasteiger charge is -2.26. The van der Waals surface area contributed by atoms with Crippen LogP contribution in [0, 0.1) is 0 Å². The van der Waals surface area contributed by atoms with E-state index in [0.29, 0.717) is 0 Å². The molecule has 0 amide bonds. The molecule has 0 radical (unpaired) electrons. The van der Waals surface area contributed by atoms with Gasteiger partial charge in [0.1, 0.15) is 5.75 Å². The molecule has 0 heterocycles. The maximum atomic E-state index is 12.1. The van der Waals surface area contributed by atoms with Gasteiger partial charge in [-0.25, -0.2) is 0 Å². The van der Waals surface area contributed by atoms with Gasteiger partial charge in [0, 0.05) is 13.2 Å². The van der Waals surface area contributed by atoms with E-state index in [1.54, 1.807) is 19.2 Å². The maximum absolute atomic E-state index is 12.1. The third-order valence-electron chi connectivity index (χ3n) is 3.30. The third-order valence-corrected chi connectivity index (χ3v) is 3.30. The van der Waals surface area contributed by atoms with Gasteiger partial charge in [-0.3, -0.25) is 11.3 Å². The van der Waals surface area contributed by atoms with E-state index < -0.39 is 6.61 Å². The highest BCUT2D eigenvalue weighted by atomic mass is 19.3. The molecule has 20 heavy (non-hydrogen) atoms. The van der Waals surface area contributed by atoms with Crippen LogP contribution < -0.4 is 16.0 Å². The van der Waals surface area contributed by atoms with Gasteiger partial charge in [-0.05, 0) is 44.4 Å². The maximum Gasteiger partial charge on any atom is 0.387 e. The zero-order chi connectivity index (χ0) is 15.2. The molecule has 114 valence electrons. The summed E-state index contributed by atoms with van der Waals surface area (Å²) in [4.78, 5) is 0. The molecule has 0 saturated carbocycles. The molecule has 1 aromatic carbocycles. The summed E-state index contributed by atoms with van der Waals surface area (Å²) in [6.07, 6.45) is 1.58. The summed E-state index contributed by atoms with van der Waals surface area (Å²) in [5.74, 6) is 5.69. The van der Waals surface area contributed by atoms with E-state index >= 15 is 0 Å². The second-order valence-electron chi connectivity index (χ2n) is 5.17. The van der Waals surface area contributed by atoms with Crippen LogP contribution >= 0.6 is 0 Å². The van der Waals surface area contributed by atoms with Crippen molar-refractivity contribution in [1.29, 1.82) is 0 Å². The van der Waals surface area contributed by atoms with Crippen LogP contribution in [0.25, 0.3) is 0 Å². The van der Waals surface area contributed by atoms with Crippen LogP contribution in [0.1, 0.15) is 38.3 Å². The number of hydrogen-bond acceptors (Lipinski definition) is 4. The van der Waals surface area contributed by atoms with Crippen LogP contribution in [-0.2, 0) is 4.74 Å². The number of hydrazine groups is 1. The minimum atomic E-state index is -2.81. The fraction of sp³-hybridized carbons (Fsp3) is 0.571. The molecule has 0 spiro atoms. The summed E-state index contributed by atoms with van der Waals surface area (Å²) >= 11 is 0. The van der Waals surface area contributed by atoms with E-state index in [9.17, 15) is 8.78 Å². The first-order chi connectivity index (χ1) is 9.38. The largest absolute Gasteiger partial charge is 0.435 e. The SMILES string of the molecule is COC(C)(C)CCC(NN)c1ccc(OC(F)F)cc1. The normalized spacial score (nSPS) is 13.6. The lowest BCUT2D eigenvalue weighted by molar-refractivity contribution is -0.0498. The van der Waals surface area contributed by atoms with Gasteiger partial charge in [-0.1, -0.05) is 12.1 Å². The molecule has 0 aliphatic carbocycles. The predicted octanol–water partition coefficient (Wildman–Crippen LogP) is 3.00. The minimum absolute atomic E-state index is 0.0648. The Hall–Kier alpha value is -1.24. The van der Waals surface area contributed by atoms with Gasteiger partial charge in [-0.2, -0.15) is 8.78 Å². The molecule has 1 unspecified atom stereocenters. The van der Waals surface area contributed by atoms with Gasteiger partial charge >= 0.3 is 6.61 Å². The molecule has 6 heteroatoms. The average Bonchev–Trinajstić information content (AvgIpc) is 2.40. The summed E-state index contributed by atoms with van der Waals surface area (Å²) in [7, 11) is 1.67. The van der Waals surface area contributed by atoms with Crippen molar-refractivity contribution in [2.75, 3.05) is 7.11 Å². The third kappa shape index (κ3) is 5.40. The molecule has 3 N–H and O–H groups in total.